The fourth-order valence-electron chi connectivity index (χ4n) is 4.47. The maximum absolute atomic E-state index is 5.99. The van der Waals surface area contributed by atoms with E-state index in [9.17, 15) is 0 Å². The Morgan fingerprint density at radius 3 is 2.00 bits per heavy atom. The molecule has 0 bridgehead atoms. The SMILES string of the molecule is CCN(CC)C1(C(CC(C)CC(C)C)NN)CCCC1. The van der Waals surface area contributed by atoms with E-state index in [2.05, 4.69) is 44.9 Å². The van der Waals surface area contributed by atoms with Gasteiger partial charge in [-0.15, -0.1) is 0 Å². The number of hydrogen-bond acceptors (Lipinski definition) is 3. The van der Waals surface area contributed by atoms with Crippen molar-refractivity contribution in [3.63, 3.8) is 0 Å². The summed E-state index contributed by atoms with van der Waals surface area (Å²) in [7, 11) is 0. The van der Waals surface area contributed by atoms with Crippen LogP contribution in [0.15, 0.2) is 0 Å². The summed E-state index contributed by atoms with van der Waals surface area (Å²) in [6.45, 7) is 13.9. The lowest BCUT2D eigenvalue weighted by molar-refractivity contribution is 0.0526. The van der Waals surface area contributed by atoms with Gasteiger partial charge < -0.3 is 0 Å². The molecule has 0 spiro atoms. The van der Waals surface area contributed by atoms with Crippen molar-refractivity contribution < 1.29 is 0 Å². The molecule has 3 heteroatoms. The van der Waals surface area contributed by atoms with Crippen LogP contribution in [0.25, 0.3) is 0 Å². The van der Waals surface area contributed by atoms with Crippen LogP contribution in [0.1, 0.15) is 73.1 Å². The van der Waals surface area contributed by atoms with Crippen LogP contribution in [-0.2, 0) is 0 Å². The van der Waals surface area contributed by atoms with Crippen molar-refractivity contribution in [3.05, 3.63) is 0 Å². The van der Waals surface area contributed by atoms with Gasteiger partial charge in [-0.1, -0.05) is 47.5 Å². The van der Waals surface area contributed by atoms with E-state index >= 15 is 0 Å². The normalized spacial score (nSPS) is 21.6. The van der Waals surface area contributed by atoms with Crippen molar-refractivity contribution in [3.8, 4) is 0 Å². The van der Waals surface area contributed by atoms with Crippen molar-refractivity contribution in [1.82, 2.24) is 10.3 Å². The lowest BCUT2D eigenvalue weighted by Crippen LogP contribution is -2.61. The highest BCUT2D eigenvalue weighted by molar-refractivity contribution is 5.03. The van der Waals surface area contributed by atoms with Gasteiger partial charge in [0, 0.05) is 11.6 Å². The maximum atomic E-state index is 5.99. The van der Waals surface area contributed by atoms with Crippen LogP contribution in [0.5, 0.6) is 0 Å². The van der Waals surface area contributed by atoms with E-state index < -0.39 is 0 Å². The molecule has 1 fully saturated rings. The third-order valence-electron chi connectivity index (χ3n) is 5.22. The predicted molar refractivity (Wildman–Crippen MR) is 88.5 cm³/mol. The predicted octanol–water partition coefficient (Wildman–Crippen LogP) is 3.55. The van der Waals surface area contributed by atoms with Gasteiger partial charge in [0.2, 0.25) is 0 Å². The van der Waals surface area contributed by atoms with E-state index in [0.717, 1.165) is 24.9 Å². The number of hydrazine groups is 1. The zero-order chi connectivity index (χ0) is 15.2. The highest BCUT2D eigenvalue weighted by Crippen LogP contribution is 2.40. The van der Waals surface area contributed by atoms with Gasteiger partial charge in [-0.25, -0.2) is 0 Å². The van der Waals surface area contributed by atoms with Crippen molar-refractivity contribution in [2.45, 2.75) is 84.7 Å². The number of hydrogen-bond donors (Lipinski definition) is 2. The minimum atomic E-state index is 0.295. The molecular weight excluding hydrogens is 246 g/mol. The third kappa shape index (κ3) is 4.19. The van der Waals surface area contributed by atoms with E-state index in [1.165, 1.54) is 38.5 Å². The molecule has 0 aromatic carbocycles. The minimum absolute atomic E-state index is 0.295. The average molecular weight is 284 g/mol. The molecule has 3 nitrogen and oxygen atoms in total. The molecule has 120 valence electrons. The molecular formula is C17H37N3. The molecule has 0 aromatic heterocycles. The monoisotopic (exact) mass is 283 g/mol. The van der Waals surface area contributed by atoms with Gasteiger partial charge in [0.15, 0.2) is 0 Å². The molecule has 0 aromatic rings. The minimum Gasteiger partial charge on any atom is -0.297 e. The number of rotatable bonds is 9. The molecule has 0 heterocycles. The quantitative estimate of drug-likeness (QED) is 0.502. The van der Waals surface area contributed by atoms with Crippen molar-refractivity contribution in [1.29, 1.82) is 0 Å². The standard InChI is InChI=1S/C17H37N3/c1-6-20(7-2)17(10-8-9-11-17)16(19-18)13-15(5)12-14(3)4/h14-16,19H,6-13,18H2,1-5H3. The Hall–Kier alpha value is -0.120. The summed E-state index contributed by atoms with van der Waals surface area (Å²) in [4.78, 5) is 2.66. The highest BCUT2D eigenvalue weighted by atomic mass is 15.3. The lowest BCUT2D eigenvalue weighted by Gasteiger charge is -2.47. The van der Waals surface area contributed by atoms with Gasteiger partial charge in [0.1, 0.15) is 0 Å². The molecule has 0 aliphatic heterocycles. The van der Waals surface area contributed by atoms with Gasteiger partial charge >= 0.3 is 0 Å². The average Bonchev–Trinajstić information content (AvgIpc) is 2.87. The Bertz CT molecular complexity index is 255. The van der Waals surface area contributed by atoms with Crippen LogP contribution in [0.4, 0.5) is 0 Å². The van der Waals surface area contributed by atoms with Crippen LogP contribution < -0.4 is 11.3 Å². The van der Waals surface area contributed by atoms with Crippen LogP contribution in [0.3, 0.4) is 0 Å². The molecule has 1 saturated carbocycles. The first kappa shape index (κ1) is 17.9. The molecule has 0 saturated heterocycles. The Morgan fingerprint density at radius 1 is 1.05 bits per heavy atom. The van der Waals surface area contributed by atoms with Gasteiger partial charge in [-0.2, -0.15) is 0 Å². The largest absolute Gasteiger partial charge is 0.297 e. The Balaban J connectivity index is 2.81. The zero-order valence-corrected chi connectivity index (χ0v) is 14.4. The van der Waals surface area contributed by atoms with Crippen LogP contribution in [0, 0.1) is 11.8 Å². The number of likely N-dealkylation sites (N-methyl/N-ethyl adjacent to an activating group) is 1. The summed E-state index contributed by atoms with van der Waals surface area (Å²) < 4.78 is 0. The summed E-state index contributed by atoms with van der Waals surface area (Å²) in [6.07, 6.45) is 7.81. The first-order valence-corrected chi connectivity index (χ1v) is 8.71. The van der Waals surface area contributed by atoms with E-state index in [1.54, 1.807) is 0 Å². The van der Waals surface area contributed by atoms with Crippen LogP contribution in [-0.4, -0.2) is 29.6 Å². The molecule has 2 atom stereocenters. The third-order valence-corrected chi connectivity index (χ3v) is 5.22. The fourth-order valence-corrected chi connectivity index (χ4v) is 4.47. The molecule has 2 unspecified atom stereocenters. The van der Waals surface area contributed by atoms with E-state index in [4.69, 9.17) is 5.84 Å². The van der Waals surface area contributed by atoms with Gasteiger partial charge in [0.05, 0.1) is 0 Å². The Kier molecular flexibility index (Phi) is 7.49. The zero-order valence-electron chi connectivity index (χ0n) is 14.4. The molecule has 1 aliphatic carbocycles. The maximum Gasteiger partial charge on any atom is 0.0397 e. The smallest absolute Gasteiger partial charge is 0.0397 e. The molecule has 20 heavy (non-hydrogen) atoms. The molecule has 3 N–H and O–H groups in total. The summed E-state index contributed by atoms with van der Waals surface area (Å²) >= 11 is 0. The second-order valence-electron chi connectivity index (χ2n) is 7.17. The highest BCUT2D eigenvalue weighted by Gasteiger charge is 2.44. The fraction of sp³-hybridized carbons (Fsp3) is 1.00. The summed E-state index contributed by atoms with van der Waals surface area (Å²) in [5, 5.41) is 0. The number of nitrogens with two attached hydrogens (primary N) is 1. The Morgan fingerprint density at radius 2 is 1.60 bits per heavy atom. The second kappa shape index (κ2) is 8.35. The Labute approximate surface area is 126 Å². The van der Waals surface area contributed by atoms with Crippen LogP contribution >= 0.6 is 0 Å². The van der Waals surface area contributed by atoms with E-state index in [1.807, 2.05) is 0 Å². The van der Waals surface area contributed by atoms with Gasteiger partial charge in [-0.05, 0) is 50.6 Å². The summed E-state index contributed by atoms with van der Waals surface area (Å²) in [6, 6.07) is 0.429. The van der Waals surface area contributed by atoms with Gasteiger partial charge in [0.25, 0.3) is 0 Å². The summed E-state index contributed by atoms with van der Waals surface area (Å²) in [5.74, 6) is 7.50. The second-order valence-corrected chi connectivity index (χ2v) is 7.17. The molecule has 0 radical (unpaired) electrons. The van der Waals surface area contributed by atoms with Crippen molar-refractivity contribution in [2.75, 3.05) is 13.1 Å². The lowest BCUT2D eigenvalue weighted by atomic mass is 9.80. The molecule has 1 rings (SSSR count). The van der Waals surface area contributed by atoms with Crippen molar-refractivity contribution >= 4 is 0 Å². The first-order valence-electron chi connectivity index (χ1n) is 8.71. The van der Waals surface area contributed by atoms with Crippen LogP contribution in [0.2, 0.25) is 0 Å². The summed E-state index contributed by atoms with van der Waals surface area (Å²) in [5.41, 5.74) is 3.49. The number of nitrogens with zero attached hydrogens (tertiary/aromatic N) is 1. The van der Waals surface area contributed by atoms with Gasteiger partial charge in [-0.3, -0.25) is 16.2 Å². The number of nitrogens with one attached hydrogen (secondary N) is 1. The van der Waals surface area contributed by atoms with E-state index in [-0.39, 0.29) is 0 Å². The van der Waals surface area contributed by atoms with E-state index in [0.29, 0.717) is 11.6 Å². The topological polar surface area (TPSA) is 41.3 Å². The first-order chi connectivity index (χ1) is 9.50. The molecule has 1 aliphatic rings. The molecule has 0 amide bonds. The van der Waals surface area contributed by atoms with Crippen molar-refractivity contribution in [2.24, 2.45) is 17.7 Å².